The lowest BCUT2D eigenvalue weighted by molar-refractivity contribution is 0.100. The lowest BCUT2D eigenvalue weighted by Gasteiger charge is -2.15. The third-order valence-electron chi connectivity index (χ3n) is 3.97. The van der Waals surface area contributed by atoms with Gasteiger partial charge >= 0.3 is 0 Å². The zero-order valence-electron chi connectivity index (χ0n) is 14.7. The number of carbonyl (C=O) groups excluding carboxylic acids is 1. The van der Waals surface area contributed by atoms with Crippen LogP contribution in [0.1, 0.15) is 23.7 Å². The molecule has 3 N–H and O–H groups in total. The maximum atomic E-state index is 12.5. The summed E-state index contributed by atoms with van der Waals surface area (Å²) >= 11 is 12.3. The summed E-state index contributed by atoms with van der Waals surface area (Å²) in [7, 11) is -3.54. The van der Waals surface area contributed by atoms with Crippen molar-refractivity contribution in [1.82, 2.24) is 9.97 Å². The molecule has 0 aliphatic heterocycles. The molecule has 2 aromatic heterocycles. The number of amides is 1. The Bertz CT molecular complexity index is 1180. The van der Waals surface area contributed by atoms with Gasteiger partial charge in [-0.05, 0) is 24.6 Å². The van der Waals surface area contributed by atoms with Gasteiger partial charge in [0.1, 0.15) is 0 Å². The zero-order chi connectivity index (χ0) is 20.5. The largest absolute Gasteiger partial charge is 0.365 e. The summed E-state index contributed by atoms with van der Waals surface area (Å²) < 4.78 is 25.1. The van der Waals surface area contributed by atoms with Gasteiger partial charge < -0.3 is 11.1 Å². The van der Waals surface area contributed by atoms with Crippen molar-refractivity contribution < 1.29 is 13.2 Å². The SMILES string of the molecule is CCCS(=O)(=O)c1cc(Cl)c2ncc(C(N)=O)c(Nc3cncc(Cl)c3)c2c1. The Morgan fingerprint density at radius 1 is 1.18 bits per heavy atom. The lowest BCUT2D eigenvalue weighted by atomic mass is 10.1. The molecule has 0 spiro atoms. The van der Waals surface area contributed by atoms with E-state index in [0.29, 0.717) is 28.0 Å². The molecule has 0 fully saturated rings. The Labute approximate surface area is 171 Å². The molecule has 3 aromatic rings. The number of nitrogens with two attached hydrogens (primary N) is 1. The Kier molecular flexibility index (Phi) is 5.74. The third kappa shape index (κ3) is 4.04. The molecule has 2 heterocycles. The molecule has 0 saturated heterocycles. The van der Waals surface area contributed by atoms with Crippen LogP contribution in [-0.2, 0) is 9.84 Å². The van der Waals surface area contributed by atoms with Gasteiger partial charge in [-0.25, -0.2) is 8.42 Å². The first kappa shape index (κ1) is 20.3. The molecule has 0 aliphatic rings. The monoisotopic (exact) mass is 438 g/mol. The highest BCUT2D eigenvalue weighted by Crippen LogP contribution is 2.35. The summed E-state index contributed by atoms with van der Waals surface area (Å²) in [6, 6.07) is 4.40. The molecular weight excluding hydrogens is 423 g/mol. The number of nitrogens with zero attached hydrogens (tertiary/aromatic N) is 2. The molecule has 1 aromatic carbocycles. The Morgan fingerprint density at radius 3 is 2.57 bits per heavy atom. The van der Waals surface area contributed by atoms with Crippen molar-refractivity contribution in [2.45, 2.75) is 18.2 Å². The fourth-order valence-corrected chi connectivity index (χ4v) is 4.62. The van der Waals surface area contributed by atoms with Gasteiger partial charge in [0.2, 0.25) is 0 Å². The number of carbonyl (C=O) groups is 1. The van der Waals surface area contributed by atoms with E-state index in [1.165, 1.54) is 30.7 Å². The van der Waals surface area contributed by atoms with Gasteiger partial charge in [-0.2, -0.15) is 0 Å². The highest BCUT2D eigenvalue weighted by molar-refractivity contribution is 7.91. The number of fused-ring (bicyclic) bond motifs is 1. The molecular formula is C18H16Cl2N4O3S. The Balaban J connectivity index is 2.30. The summed E-state index contributed by atoms with van der Waals surface area (Å²) in [5.41, 5.74) is 6.66. The number of nitrogens with one attached hydrogen (secondary N) is 1. The molecule has 28 heavy (non-hydrogen) atoms. The number of anilines is 2. The number of pyridine rings is 2. The molecule has 0 bridgehead atoms. The summed E-state index contributed by atoms with van der Waals surface area (Å²) in [5, 5.41) is 3.91. The smallest absolute Gasteiger partial charge is 0.252 e. The predicted octanol–water partition coefficient (Wildman–Crippen LogP) is 3.96. The maximum absolute atomic E-state index is 12.5. The summed E-state index contributed by atoms with van der Waals surface area (Å²) in [6.07, 6.45) is 4.70. The first-order chi connectivity index (χ1) is 13.2. The minimum absolute atomic E-state index is 0.0290. The Hall–Kier alpha value is -2.42. The third-order valence-corrected chi connectivity index (χ3v) is 6.36. The molecule has 3 rings (SSSR count). The topological polar surface area (TPSA) is 115 Å². The Morgan fingerprint density at radius 2 is 1.93 bits per heavy atom. The summed E-state index contributed by atoms with van der Waals surface area (Å²) in [4.78, 5) is 20.2. The van der Waals surface area contributed by atoms with Crippen LogP contribution in [-0.4, -0.2) is 30.0 Å². The van der Waals surface area contributed by atoms with E-state index in [-0.39, 0.29) is 26.9 Å². The zero-order valence-corrected chi connectivity index (χ0v) is 17.1. The van der Waals surface area contributed by atoms with Crippen molar-refractivity contribution in [2.24, 2.45) is 5.73 Å². The molecule has 0 radical (unpaired) electrons. The van der Waals surface area contributed by atoms with Crippen LogP contribution >= 0.6 is 23.2 Å². The van der Waals surface area contributed by atoms with Crippen LogP contribution in [0.2, 0.25) is 10.0 Å². The van der Waals surface area contributed by atoms with Gasteiger partial charge in [-0.3, -0.25) is 14.8 Å². The molecule has 146 valence electrons. The number of hydrogen-bond acceptors (Lipinski definition) is 6. The van der Waals surface area contributed by atoms with Crippen LogP contribution in [0.5, 0.6) is 0 Å². The van der Waals surface area contributed by atoms with Crippen molar-refractivity contribution in [3.63, 3.8) is 0 Å². The van der Waals surface area contributed by atoms with Gasteiger partial charge in [0, 0.05) is 17.8 Å². The van der Waals surface area contributed by atoms with E-state index in [4.69, 9.17) is 28.9 Å². The van der Waals surface area contributed by atoms with Gasteiger partial charge in [-0.15, -0.1) is 0 Å². The first-order valence-corrected chi connectivity index (χ1v) is 10.7. The van der Waals surface area contributed by atoms with Crippen molar-refractivity contribution >= 4 is 61.2 Å². The highest BCUT2D eigenvalue weighted by Gasteiger charge is 2.20. The fraction of sp³-hybridized carbons (Fsp3) is 0.167. The average Bonchev–Trinajstić information content (AvgIpc) is 2.61. The van der Waals surface area contributed by atoms with Gasteiger partial charge in [0.25, 0.3) is 5.91 Å². The standard InChI is InChI=1S/C18H16Cl2N4O3S/c1-2-3-28(26,27)12-5-13-16(24-11-4-10(19)7-22-8-11)14(18(21)25)9-23-17(13)15(20)6-12/h4-9H,2-3H2,1H3,(H2,21,25)(H,23,24). The number of benzene rings is 1. The molecule has 10 heteroatoms. The van der Waals surface area contributed by atoms with Crippen LogP contribution in [0.4, 0.5) is 11.4 Å². The number of sulfone groups is 1. The van der Waals surface area contributed by atoms with Crippen LogP contribution in [0, 0.1) is 0 Å². The number of halogens is 2. The van der Waals surface area contributed by atoms with Crippen LogP contribution in [0.3, 0.4) is 0 Å². The molecule has 7 nitrogen and oxygen atoms in total. The minimum Gasteiger partial charge on any atom is -0.365 e. The quantitative estimate of drug-likeness (QED) is 0.601. The van der Waals surface area contributed by atoms with E-state index in [9.17, 15) is 13.2 Å². The summed E-state index contributed by atoms with van der Waals surface area (Å²) in [5.74, 6) is -0.761. The molecule has 0 unspecified atom stereocenters. The normalized spacial score (nSPS) is 11.5. The number of hydrogen-bond donors (Lipinski definition) is 2. The van der Waals surface area contributed by atoms with E-state index in [1.807, 2.05) is 0 Å². The van der Waals surface area contributed by atoms with Crippen molar-refractivity contribution in [3.05, 3.63) is 52.4 Å². The number of primary amides is 1. The van der Waals surface area contributed by atoms with Crippen molar-refractivity contribution in [2.75, 3.05) is 11.1 Å². The minimum atomic E-state index is -3.54. The fourth-order valence-electron chi connectivity index (χ4n) is 2.75. The van der Waals surface area contributed by atoms with Crippen LogP contribution < -0.4 is 11.1 Å². The number of rotatable bonds is 6. The van der Waals surface area contributed by atoms with Crippen molar-refractivity contribution in [3.8, 4) is 0 Å². The van der Waals surface area contributed by atoms with E-state index < -0.39 is 15.7 Å². The van der Waals surface area contributed by atoms with Gasteiger partial charge in [-0.1, -0.05) is 30.1 Å². The van der Waals surface area contributed by atoms with E-state index in [0.717, 1.165) is 0 Å². The highest BCUT2D eigenvalue weighted by atomic mass is 35.5. The van der Waals surface area contributed by atoms with Gasteiger partial charge in [0.15, 0.2) is 9.84 Å². The summed E-state index contributed by atoms with van der Waals surface area (Å²) in [6.45, 7) is 1.77. The molecule has 0 atom stereocenters. The first-order valence-electron chi connectivity index (χ1n) is 8.25. The lowest BCUT2D eigenvalue weighted by Crippen LogP contribution is -2.14. The second kappa shape index (κ2) is 7.90. The number of aromatic nitrogens is 2. The predicted molar refractivity (Wildman–Crippen MR) is 110 cm³/mol. The van der Waals surface area contributed by atoms with Crippen LogP contribution in [0.25, 0.3) is 10.9 Å². The molecule has 1 amide bonds. The second-order valence-electron chi connectivity index (χ2n) is 6.05. The van der Waals surface area contributed by atoms with Gasteiger partial charge in [0.05, 0.1) is 49.3 Å². The average molecular weight is 439 g/mol. The second-order valence-corrected chi connectivity index (χ2v) is 9.00. The molecule has 0 aliphatic carbocycles. The van der Waals surface area contributed by atoms with E-state index in [2.05, 4.69) is 15.3 Å². The molecule has 0 saturated carbocycles. The maximum Gasteiger partial charge on any atom is 0.252 e. The van der Waals surface area contributed by atoms with Crippen molar-refractivity contribution in [1.29, 1.82) is 0 Å². The van der Waals surface area contributed by atoms with Crippen LogP contribution in [0.15, 0.2) is 41.7 Å². The van der Waals surface area contributed by atoms with E-state index >= 15 is 0 Å². The van der Waals surface area contributed by atoms with E-state index in [1.54, 1.807) is 13.0 Å².